The highest BCUT2D eigenvalue weighted by Crippen LogP contribution is 2.31. The third-order valence-electron chi connectivity index (χ3n) is 3.20. The summed E-state index contributed by atoms with van der Waals surface area (Å²) in [6.45, 7) is 7.91. The molecule has 1 atom stereocenters. The van der Waals surface area contributed by atoms with Crippen LogP contribution in [-0.4, -0.2) is 21.9 Å². The van der Waals surface area contributed by atoms with Crippen molar-refractivity contribution in [2.75, 3.05) is 0 Å². The van der Waals surface area contributed by atoms with Crippen LogP contribution in [0.5, 0.6) is 0 Å². The molecular weight excluding hydrogens is 246 g/mol. The van der Waals surface area contributed by atoms with E-state index in [0.717, 1.165) is 5.75 Å². The molecule has 0 aliphatic rings. The molecule has 0 unspecified atom stereocenters. The Hall–Kier alpha value is -1.00. The van der Waals surface area contributed by atoms with Gasteiger partial charge in [0.2, 0.25) is 0 Å². The Bertz CT molecular complexity index is 443. The van der Waals surface area contributed by atoms with Gasteiger partial charge >= 0.3 is 5.97 Å². The van der Waals surface area contributed by atoms with Crippen LogP contribution in [0.3, 0.4) is 0 Å². The van der Waals surface area contributed by atoms with E-state index < -0.39 is 16.8 Å². The summed E-state index contributed by atoms with van der Waals surface area (Å²) >= 11 is 1.58. The topological polar surface area (TPSA) is 63.3 Å². The van der Waals surface area contributed by atoms with Gasteiger partial charge in [-0.05, 0) is 44.4 Å². The largest absolute Gasteiger partial charge is 0.480 e. The van der Waals surface area contributed by atoms with Gasteiger partial charge in [-0.25, -0.2) is 0 Å². The molecule has 0 radical (unpaired) electrons. The number of carboxylic acids is 1. The van der Waals surface area contributed by atoms with Crippen LogP contribution in [-0.2, 0) is 10.5 Å². The second-order valence-corrected chi connectivity index (χ2v) is 6.76. The van der Waals surface area contributed by atoms with Crippen LogP contribution >= 0.6 is 11.8 Å². The summed E-state index contributed by atoms with van der Waals surface area (Å²) in [6, 6.07) is 5.46. The minimum absolute atomic E-state index is 0.482. The molecule has 0 aliphatic carbocycles. The van der Waals surface area contributed by atoms with E-state index in [1.54, 1.807) is 11.8 Å². The van der Waals surface area contributed by atoms with Crippen molar-refractivity contribution >= 4 is 17.7 Å². The highest BCUT2D eigenvalue weighted by atomic mass is 32.2. The van der Waals surface area contributed by atoms with Gasteiger partial charge in [-0.1, -0.05) is 18.2 Å². The quantitative estimate of drug-likeness (QED) is 0.861. The van der Waals surface area contributed by atoms with Crippen molar-refractivity contribution in [3.05, 3.63) is 34.9 Å². The van der Waals surface area contributed by atoms with Crippen molar-refractivity contribution in [2.24, 2.45) is 5.73 Å². The molecule has 0 spiro atoms. The summed E-state index contributed by atoms with van der Waals surface area (Å²) in [4.78, 5) is 10.9. The molecule has 1 aromatic carbocycles. The summed E-state index contributed by atoms with van der Waals surface area (Å²) < 4.78 is -0.482. The Labute approximate surface area is 113 Å². The number of nitrogens with two attached hydrogens (primary N) is 1. The van der Waals surface area contributed by atoms with Gasteiger partial charge in [0.1, 0.15) is 6.04 Å². The van der Waals surface area contributed by atoms with Crippen LogP contribution in [0, 0.1) is 13.8 Å². The first-order valence-electron chi connectivity index (χ1n) is 5.92. The molecule has 4 heteroatoms. The lowest BCUT2D eigenvalue weighted by Gasteiger charge is -2.28. The SMILES string of the molecule is Cc1ccc(CSC(C)(C)[C@H](N)C(=O)O)cc1C. The fourth-order valence-electron chi connectivity index (χ4n) is 1.55. The van der Waals surface area contributed by atoms with E-state index in [0.29, 0.717) is 0 Å². The first-order valence-corrected chi connectivity index (χ1v) is 6.91. The molecule has 18 heavy (non-hydrogen) atoms. The van der Waals surface area contributed by atoms with Gasteiger partial charge in [0.15, 0.2) is 0 Å². The van der Waals surface area contributed by atoms with E-state index in [1.807, 2.05) is 13.8 Å². The molecular formula is C14H21NO2S. The van der Waals surface area contributed by atoms with Gasteiger partial charge < -0.3 is 10.8 Å². The van der Waals surface area contributed by atoms with Crippen molar-refractivity contribution in [3.8, 4) is 0 Å². The van der Waals surface area contributed by atoms with E-state index in [2.05, 4.69) is 32.0 Å². The number of aliphatic carboxylic acids is 1. The normalized spacial score (nSPS) is 13.4. The van der Waals surface area contributed by atoms with E-state index in [4.69, 9.17) is 10.8 Å². The Balaban J connectivity index is 2.69. The minimum Gasteiger partial charge on any atom is -0.480 e. The third kappa shape index (κ3) is 3.75. The zero-order valence-electron chi connectivity index (χ0n) is 11.4. The molecule has 0 amide bonds. The molecule has 3 nitrogen and oxygen atoms in total. The molecule has 0 saturated carbocycles. The number of hydrogen-bond donors (Lipinski definition) is 2. The average Bonchev–Trinajstić information content (AvgIpc) is 2.29. The Morgan fingerprint density at radius 3 is 2.50 bits per heavy atom. The van der Waals surface area contributed by atoms with Gasteiger partial charge in [-0.3, -0.25) is 4.79 Å². The number of carbonyl (C=O) groups is 1. The van der Waals surface area contributed by atoms with Crippen LogP contribution in [0.1, 0.15) is 30.5 Å². The predicted octanol–water partition coefficient (Wildman–Crippen LogP) is 2.73. The first kappa shape index (κ1) is 15.1. The lowest BCUT2D eigenvalue weighted by molar-refractivity contribution is -0.139. The smallest absolute Gasteiger partial charge is 0.321 e. The summed E-state index contributed by atoms with van der Waals surface area (Å²) in [6.07, 6.45) is 0. The van der Waals surface area contributed by atoms with Gasteiger partial charge in [0.05, 0.1) is 0 Å². The van der Waals surface area contributed by atoms with Crippen molar-refractivity contribution in [1.82, 2.24) is 0 Å². The molecule has 0 aliphatic heterocycles. The number of benzene rings is 1. The van der Waals surface area contributed by atoms with Crippen molar-refractivity contribution in [1.29, 1.82) is 0 Å². The van der Waals surface area contributed by atoms with Crippen LogP contribution in [0.4, 0.5) is 0 Å². The van der Waals surface area contributed by atoms with Crippen molar-refractivity contribution < 1.29 is 9.90 Å². The van der Waals surface area contributed by atoms with Crippen LogP contribution in [0.25, 0.3) is 0 Å². The summed E-state index contributed by atoms with van der Waals surface area (Å²) in [5.74, 6) is -0.178. The van der Waals surface area contributed by atoms with Gasteiger partial charge in [0.25, 0.3) is 0 Å². The summed E-state index contributed by atoms with van der Waals surface area (Å²) in [7, 11) is 0. The molecule has 0 fully saturated rings. The van der Waals surface area contributed by atoms with Gasteiger partial charge in [0, 0.05) is 10.5 Å². The molecule has 0 aromatic heterocycles. The van der Waals surface area contributed by atoms with Crippen LogP contribution in [0.2, 0.25) is 0 Å². The number of rotatable bonds is 5. The van der Waals surface area contributed by atoms with E-state index in [1.165, 1.54) is 16.7 Å². The highest BCUT2D eigenvalue weighted by Gasteiger charge is 2.32. The van der Waals surface area contributed by atoms with Crippen LogP contribution < -0.4 is 5.73 Å². The summed E-state index contributed by atoms with van der Waals surface area (Å²) in [5.41, 5.74) is 9.42. The second kappa shape index (κ2) is 5.76. The van der Waals surface area contributed by atoms with Gasteiger partial charge in [-0.15, -0.1) is 11.8 Å². The average molecular weight is 267 g/mol. The summed E-state index contributed by atoms with van der Waals surface area (Å²) in [5, 5.41) is 8.96. The molecule has 3 N–H and O–H groups in total. The lowest BCUT2D eigenvalue weighted by Crippen LogP contribution is -2.46. The Morgan fingerprint density at radius 2 is 2.00 bits per heavy atom. The first-order chi connectivity index (χ1) is 8.24. The standard InChI is InChI=1S/C14H21NO2S/c1-9-5-6-11(7-10(9)2)8-18-14(3,4)12(15)13(16)17/h5-7,12H,8,15H2,1-4H3,(H,16,17)/t12-/m1/s1. The zero-order valence-corrected chi connectivity index (χ0v) is 12.2. The van der Waals surface area contributed by atoms with E-state index in [9.17, 15) is 4.79 Å². The van der Waals surface area contributed by atoms with Crippen molar-refractivity contribution in [3.63, 3.8) is 0 Å². The zero-order chi connectivity index (χ0) is 13.9. The fourth-order valence-corrected chi connectivity index (χ4v) is 2.55. The highest BCUT2D eigenvalue weighted by molar-refractivity contribution is 7.99. The van der Waals surface area contributed by atoms with Crippen molar-refractivity contribution in [2.45, 2.75) is 44.2 Å². The maximum atomic E-state index is 10.9. The van der Waals surface area contributed by atoms with E-state index in [-0.39, 0.29) is 0 Å². The number of aryl methyl sites for hydroxylation is 2. The van der Waals surface area contributed by atoms with E-state index >= 15 is 0 Å². The molecule has 0 saturated heterocycles. The fraction of sp³-hybridized carbons (Fsp3) is 0.500. The maximum absolute atomic E-state index is 10.9. The maximum Gasteiger partial charge on any atom is 0.321 e. The number of hydrogen-bond acceptors (Lipinski definition) is 3. The Morgan fingerprint density at radius 1 is 1.39 bits per heavy atom. The molecule has 0 heterocycles. The third-order valence-corrected chi connectivity index (χ3v) is 4.67. The monoisotopic (exact) mass is 267 g/mol. The Kier molecular flexibility index (Phi) is 4.82. The number of carboxylic acid groups (broad SMARTS) is 1. The molecule has 1 aromatic rings. The second-order valence-electron chi connectivity index (χ2n) is 5.13. The van der Waals surface area contributed by atoms with Crippen LogP contribution in [0.15, 0.2) is 18.2 Å². The minimum atomic E-state index is -0.951. The van der Waals surface area contributed by atoms with Gasteiger partial charge in [-0.2, -0.15) is 0 Å². The molecule has 100 valence electrons. The predicted molar refractivity (Wildman–Crippen MR) is 76.9 cm³/mol. The lowest BCUT2D eigenvalue weighted by atomic mass is 10.1. The molecule has 1 rings (SSSR count). The number of thioether (sulfide) groups is 1. The molecule has 0 bridgehead atoms.